The molecule has 0 radical (unpaired) electrons. The lowest BCUT2D eigenvalue weighted by Crippen LogP contribution is -2.27. The van der Waals surface area contributed by atoms with Crippen LogP contribution in [0.15, 0.2) is 36.4 Å². The summed E-state index contributed by atoms with van der Waals surface area (Å²) in [6.45, 7) is 3.43. The van der Waals surface area contributed by atoms with Crippen LogP contribution in [-0.2, 0) is 0 Å². The van der Waals surface area contributed by atoms with Crippen LogP contribution >= 0.6 is 0 Å². The number of amides is 1. The number of methoxy groups -OCH3 is 2. The first kappa shape index (κ1) is 18.3. The van der Waals surface area contributed by atoms with Gasteiger partial charge in [-0.15, -0.1) is 0 Å². The van der Waals surface area contributed by atoms with Gasteiger partial charge in [0.2, 0.25) is 0 Å². The lowest BCUT2D eigenvalue weighted by atomic mass is 10.0. The Hall–Kier alpha value is -3.09. The van der Waals surface area contributed by atoms with Crippen molar-refractivity contribution in [3.05, 3.63) is 63.2 Å². The molecule has 132 valence electrons. The summed E-state index contributed by atoms with van der Waals surface area (Å²) in [4.78, 5) is 22.9. The predicted molar refractivity (Wildman–Crippen MR) is 93.3 cm³/mol. The highest BCUT2D eigenvalue weighted by Crippen LogP contribution is 2.29. The zero-order valence-corrected chi connectivity index (χ0v) is 14.5. The number of carbonyl (C=O) groups is 1. The van der Waals surface area contributed by atoms with E-state index < -0.39 is 4.92 Å². The molecule has 0 bridgehead atoms. The Bertz CT molecular complexity index is 804. The molecular formula is C18H20N2O5. The SMILES string of the molecule is COc1ccc(OC)c(C(C)NC(=O)c2ccc([N+](=O)[O-])c(C)c2)c1. The quantitative estimate of drug-likeness (QED) is 0.640. The average molecular weight is 344 g/mol. The van der Waals surface area contributed by atoms with Crippen molar-refractivity contribution in [2.75, 3.05) is 14.2 Å². The van der Waals surface area contributed by atoms with Gasteiger partial charge in [-0.05, 0) is 44.2 Å². The van der Waals surface area contributed by atoms with Crippen molar-refractivity contribution in [3.63, 3.8) is 0 Å². The Labute approximate surface area is 145 Å². The molecule has 1 N–H and O–H groups in total. The van der Waals surface area contributed by atoms with E-state index in [1.807, 2.05) is 6.92 Å². The second-order valence-corrected chi connectivity index (χ2v) is 5.56. The summed E-state index contributed by atoms with van der Waals surface area (Å²) < 4.78 is 10.5. The smallest absolute Gasteiger partial charge is 0.272 e. The molecular weight excluding hydrogens is 324 g/mol. The maximum atomic E-state index is 12.5. The fourth-order valence-corrected chi connectivity index (χ4v) is 2.54. The van der Waals surface area contributed by atoms with Crippen LogP contribution in [-0.4, -0.2) is 25.1 Å². The van der Waals surface area contributed by atoms with Gasteiger partial charge in [0.1, 0.15) is 11.5 Å². The van der Waals surface area contributed by atoms with E-state index >= 15 is 0 Å². The molecule has 1 amide bonds. The molecule has 1 unspecified atom stereocenters. The van der Waals surface area contributed by atoms with Crippen molar-refractivity contribution < 1.29 is 19.2 Å². The van der Waals surface area contributed by atoms with Gasteiger partial charge in [-0.1, -0.05) is 0 Å². The highest BCUT2D eigenvalue weighted by atomic mass is 16.6. The zero-order chi connectivity index (χ0) is 18.6. The highest BCUT2D eigenvalue weighted by molar-refractivity contribution is 5.95. The van der Waals surface area contributed by atoms with Gasteiger partial charge in [-0.3, -0.25) is 14.9 Å². The molecule has 2 aromatic carbocycles. The van der Waals surface area contributed by atoms with E-state index in [2.05, 4.69) is 5.32 Å². The van der Waals surface area contributed by atoms with Gasteiger partial charge in [0.25, 0.3) is 11.6 Å². The number of nitrogens with zero attached hydrogens (tertiary/aromatic N) is 1. The number of benzene rings is 2. The van der Waals surface area contributed by atoms with Gasteiger partial charge in [0.15, 0.2) is 0 Å². The molecule has 1 atom stereocenters. The molecule has 2 rings (SSSR count). The lowest BCUT2D eigenvalue weighted by Gasteiger charge is -2.18. The molecule has 0 saturated heterocycles. The lowest BCUT2D eigenvalue weighted by molar-refractivity contribution is -0.385. The second-order valence-electron chi connectivity index (χ2n) is 5.56. The van der Waals surface area contributed by atoms with Crippen molar-refractivity contribution in [2.24, 2.45) is 0 Å². The maximum absolute atomic E-state index is 12.5. The summed E-state index contributed by atoms with van der Waals surface area (Å²) >= 11 is 0. The molecule has 0 fully saturated rings. The van der Waals surface area contributed by atoms with E-state index in [1.165, 1.54) is 18.2 Å². The Morgan fingerprint density at radius 2 is 1.88 bits per heavy atom. The number of carbonyl (C=O) groups excluding carboxylic acids is 1. The minimum atomic E-state index is -0.471. The van der Waals surface area contributed by atoms with E-state index in [-0.39, 0.29) is 17.6 Å². The first-order valence-corrected chi connectivity index (χ1v) is 7.65. The van der Waals surface area contributed by atoms with E-state index in [4.69, 9.17) is 9.47 Å². The Kier molecular flexibility index (Phi) is 5.59. The van der Waals surface area contributed by atoms with Crippen molar-refractivity contribution in [1.82, 2.24) is 5.32 Å². The minimum Gasteiger partial charge on any atom is -0.497 e. The summed E-state index contributed by atoms with van der Waals surface area (Å²) in [5.41, 5.74) is 1.55. The molecule has 0 saturated carbocycles. The first-order chi connectivity index (χ1) is 11.9. The van der Waals surface area contributed by atoms with Crippen molar-refractivity contribution in [2.45, 2.75) is 19.9 Å². The normalized spacial score (nSPS) is 11.5. The van der Waals surface area contributed by atoms with Crippen LogP contribution in [0, 0.1) is 17.0 Å². The molecule has 0 aliphatic heterocycles. The fraction of sp³-hybridized carbons (Fsp3) is 0.278. The van der Waals surface area contributed by atoms with Gasteiger partial charge in [0, 0.05) is 22.8 Å². The van der Waals surface area contributed by atoms with Crippen LogP contribution < -0.4 is 14.8 Å². The topological polar surface area (TPSA) is 90.7 Å². The van der Waals surface area contributed by atoms with Crippen LogP contribution in [0.1, 0.15) is 34.5 Å². The summed E-state index contributed by atoms with van der Waals surface area (Å²) in [7, 11) is 3.12. The number of hydrogen-bond acceptors (Lipinski definition) is 5. The van der Waals surface area contributed by atoms with E-state index in [1.54, 1.807) is 39.3 Å². The van der Waals surface area contributed by atoms with E-state index in [0.29, 0.717) is 22.6 Å². The number of nitro benzene ring substituents is 1. The molecule has 7 nitrogen and oxygen atoms in total. The number of ether oxygens (including phenoxy) is 2. The van der Waals surface area contributed by atoms with Crippen LogP contribution in [0.2, 0.25) is 0 Å². The summed E-state index contributed by atoms with van der Waals surface area (Å²) in [6, 6.07) is 9.28. The molecule has 0 aliphatic carbocycles. The molecule has 7 heteroatoms. The molecule has 0 spiro atoms. The van der Waals surface area contributed by atoms with Crippen LogP contribution in [0.4, 0.5) is 5.69 Å². The first-order valence-electron chi connectivity index (χ1n) is 7.65. The van der Waals surface area contributed by atoms with Crippen LogP contribution in [0.5, 0.6) is 11.5 Å². The number of hydrogen-bond donors (Lipinski definition) is 1. The summed E-state index contributed by atoms with van der Waals surface area (Å²) in [6.07, 6.45) is 0. The second kappa shape index (κ2) is 7.65. The van der Waals surface area contributed by atoms with Crippen molar-refractivity contribution in [3.8, 4) is 11.5 Å². The monoisotopic (exact) mass is 344 g/mol. The standard InChI is InChI=1S/C18H20N2O5/c1-11-9-13(5-7-16(11)20(22)23)18(21)19-12(2)15-10-14(24-3)6-8-17(15)25-4/h5-10,12H,1-4H3,(H,19,21). The van der Waals surface area contributed by atoms with Crippen molar-refractivity contribution >= 4 is 11.6 Å². The van der Waals surface area contributed by atoms with E-state index in [9.17, 15) is 14.9 Å². The van der Waals surface area contributed by atoms with Crippen LogP contribution in [0.25, 0.3) is 0 Å². The molecule has 0 heterocycles. The highest BCUT2D eigenvalue weighted by Gasteiger charge is 2.18. The third-order valence-electron chi connectivity index (χ3n) is 3.91. The maximum Gasteiger partial charge on any atom is 0.272 e. The van der Waals surface area contributed by atoms with E-state index in [0.717, 1.165) is 5.56 Å². The van der Waals surface area contributed by atoms with Gasteiger partial charge >= 0.3 is 0 Å². The number of nitro groups is 1. The largest absolute Gasteiger partial charge is 0.497 e. The Balaban J connectivity index is 2.23. The average Bonchev–Trinajstić information content (AvgIpc) is 2.60. The number of aryl methyl sites for hydroxylation is 1. The molecule has 2 aromatic rings. The van der Waals surface area contributed by atoms with Gasteiger partial charge in [0.05, 0.1) is 25.2 Å². The molecule has 25 heavy (non-hydrogen) atoms. The third kappa shape index (κ3) is 4.06. The fourth-order valence-electron chi connectivity index (χ4n) is 2.54. The van der Waals surface area contributed by atoms with Gasteiger partial charge in [-0.25, -0.2) is 0 Å². The number of rotatable bonds is 6. The zero-order valence-electron chi connectivity index (χ0n) is 14.5. The van der Waals surface area contributed by atoms with Crippen molar-refractivity contribution in [1.29, 1.82) is 0 Å². The van der Waals surface area contributed by atoms with Gasteiger partial charge < -0.3 is 14.8 Å². The molecule has 0 aromatic heterocycles. The third-order valence-corrected chi connectivity index (χ3v) is 3.91. The summed E-state index contributed by atoms with van der Waals surface area (Å²) in [5, 5.41) is 13.7. The summed E-state index contributed by atoms with van der Waals surface area (Å²) in [5.74, 6) is 0.965. The van der Waals surface area contributed by atoms with Crippen LogP contribution in [0.3, 0.4) is 0 Å². The Morgan fingerprint density at radius 3 is 2.44 bits per heavy atom. The Morgan fingerprint density at radius 1 is 1.16 bits per heavy atom. The van der Waals surface area contributed by atoms with Gasteiger partial charge in [-0.2, -0.15) is 0 Å². The molecule has 0 aliphatic rings. The predicted octanol–water partition coefficient (Wildman–Crippen LogP) is 3.41. The minimum absolute atomic E-state index is 0.0148. The number of nitrogens with one attached hydrogen (secondary N) is 1.